The minimum atomic E-state index is -4.49. The molecule has 1 heterocycles. The number of nitrogens with zero attached hydrogens (tertiary/aromatic N) is 1. The summed E-state index contributed by atoms with van der Waals surface area (Å²) in [4.78, 5) is 3.51. The number of aliphatic hydroxyl groups is 1. The highest BCUT2D eigenvalue weighted by molar-refractivity contribution is 5.28. The monoisotopic (exact) mass is 206 g/mol. The Morgan fingerprint density at radius 1 is 1.50 bits per heavy atom. The third-order valence-corrected chi connectivity index (χ3v) is 1.74. The molecule has 0 saturated carbocycles. The molecule has 0 radical (unpaired) electrons. The van der Waals surface area contributed by atoms with Crippen molar-refractivity contribution in [1.82, 2.24) is 4.98 Å². The first kappa shape index (κ1) is 10.9. The smallest absolute Gasteiger partial charge is 0.387 e. The molecule has 0 unspecified atom stereocenters. The van der Waals surface area contributed by atoms with Gasteiger partial charge in [-0.15, -0.1) is 0 Å². The van der Waals surface area contributed by atoms with Crippen molar-refractivity contribution in [3.8, 4) is 0 Å². The molecule has 0 spiro atoms. The van der Waals surface area contributed by atoms with Gasteiger partial charge in [0.1, 0.15) is 0 Å². The van der Waals surface area contributed by atoms with E-state index >= 15 is 0 Å². The number of alkyl halides is 3. The van der Waals surface area contributed by atoms with Gasteiger partial charge in [0.2, 0.25) is 0 Å². The summed E-state index contributed by atoms with van der Waals surface area (Å²) in [5.41, 5.74) is 3.88. The predicted molar refractivity (Wildman–Crippen MR) is 43.3 cm³/mol. The van der Waals surface area contributed by atoms with Crippen LogP contribution in [-0.2, 0) is 6.18 Å². The van der Waals surface area contributed by atoms with E-state index in [1.54, 1.807) is 0 Å². The highest BCUT2D eigenvalue weighted by Crippen LogP contribution is 2.33. The molecule has 14 heavy (non-hydrogen) atoms. The Bertz CT molecular complexity index is 314. The first-order chi connectivity index (χ1) is 6.46. The SMILES string of the molecule is NC[C@H](O)c1cnccc1C(F)(F)F. The van der Waals surface area contributed by atoms with E-state index in [0.29, 0.717) is 0 Å². The fraction of sp³-hybridized carbons (Fsp3) is 0.375. The van der Waals surface area contributed by atoms with Crippen LogP contribution in [0.4, 0.5) is 13.2 Å². The summed E-state index contributed by atoms with van der Waals surface area (Å²) in [6.45, 7) is -0.269. The summed E-state index contributed by atoms with van der Waals surface area (Å²) in [6, 6.07) is 0.814. The van der Waals surface area contributed by atoms with Crippen molar-refractivity contribution < 1.29 is 18.3 Å². The van der Waals surface area contributed by atoms with Gasteiger partial charge in [0.15, 0.2) is 0 Å². The number of aromatic nitrogens is 1. The lowest BCUT2D eigenvalue weighted by Gasteiger charge is -2.15. The number of pyridine rings is 1. The van der Waals surface area contributed by atoms with Crippen LogP contribution in [-0.4, -0.2) is 16.6 Å². The summed E-state index contributed by atoms with van der Waals surface area (Å²) in [7, 11) is 0. The van der Waals surface area contributed by atoms with Crippen LogP contribution in [0.3, 0.4) is 0 Å². The van der Waals surface area contributed by atoms with Crippen molar-refractivity contribution in [3.05, 3.63) is 29.6 Å². The van der Waals surface area contributed by atoms with E-state index in [-0.39, 0.29) is 12.1 Å². The largest absolute Gasteiger partial charge is 0.416 e. The summed E-state index contributed by atoms with van der Waals surface area (Å²) < 4.78 is 37.1. The van der Waals surface area contributed by atoms with E-state index in [0.717, 1.165) is 18.5 Å². The lowest BCUT2D eigenvalue weighted by molar-refractivity contribution is -0.139. The van der Waals surface area contributed by atoms with Gasteiger partial charge in [-0.1, -0.05) is 0 Å². The van der Waals surface area contributed by atoms with Crippen LogP contribution in [0.15, 0.2) is 18.5 Å². The fourth-order valence-corrected chi connectivity index (χ4v) is 1.06. The van der Waals surface area contributed by atoms with Gasteiger partial charge in [-0.3, -0.25) is 4.98 Å². The van der Waals surface area contributed by atoms with Crippen LogP contribution in [0.25, 0.3) is 0 Å². The van der Waals surface area contributed by atoms with Gasteiger partial charge in [0.25, 0.3) is 0 Å². The molecule has 1 aromatic heterocycles. The molecule has 3 nitrogen and oxygen atoms in total. The van der Waals surface area contributed by atoms with Gasteiger partial charge in [0, 0.05) is 24.5 Å². The molecule has 0 aliphatic heterocycles. The van der Waals surface area contributed by atoms with E-state index < -0.39 is 17.8 Å². The highest BCUT2D eigenvalue weighted by atomic mass is 19.4. The number of hydrogen-bond donors (Lipinski definition) is 2. The molecule has 0 aliphatic carbocycles. The molecular weight excluding hydrogens is 197 g/mol. The zero-order chi connectivity index (χ0) is 10.8. The normalized spacial score (nSPS) is 14.1. The maximum absolute atomic E-state index is 12.4. The molecule has 0 aromatic carbocycles. The Balaban J connectivity index is 3.16. The molecule has 0 amide bonds. The van der Waals surface area contributed by atoms with Crippen molar-refractivity contribution in [2.75, 3.05) is 6.54 Å². The predicted octanol–water partition coefficient (Wildman–Crippen LogP) is 1.09. The van der Waals surface area contributed by atoms with Gasteiger partial charge in [-0.05, 0) is 6.07 Å². The number of rotatable bonds is 2. The molecular formula is C8H9F3N2O. The first-order valence-electron chi connectivity index (χ1n) is 3.86. The molecule has 1 atom stereocenters. The third-order valence-electron chi connectivity index (χ3n) is 1.74. The topological polar surface area (TPSA) is 59.1 Å². The van der Waals surface area contributed by atoms with Crippen LogP contribution in [0.1, 0.15) is 17.2 Å². The van der Waals surface area contributed by atoms with E-state index in [2.05, 4.69) is 4.98 Å². The Morgan fingerprint density at radius 2 is 2.14 bits per heavy atom. The standard InChI is InChI=1S/C8H9F3N2O/c9-8(10,11)6-1-2-13-4-5(6)7(14)3-12/h1-2,4,7,14H,3,12H2/t7-/m0/s1. The van der Waals surface area contributed by atoms with Crippen molar-refractivity contribution in [2.24, 2.45) is 5.73 Å². The maximum atomic E-state index is 12.4. The van der Waals surface area contributed by atoms with E-state index in [1.807, 2.05) is 0 Å². The minimum absolute atomic E-state index is 0.269. The molecule has 0 bridgehead atoms. The zero-order valence-electron chi connectivity index (χ0n) is 7.12. The lowest BCUT2D eigenvalue weighted by Crippen LogP contribution is -2.17. The van der Waals surface area contributed by atoms with Crippen LogP contribution in [0.5, 0.6) is 0 Å². The molecule has 6 heteroatoms. The van der Waals surface area contributed by atoms with Crippen LogP contribution >= 0.6 is 0 Å². The molecule has 3 N–H and O–H groups in total. The van der Waals surface area contributed by atoms with Crippen molar-refractivity contribution in [2.45, 2.75) is 12.3 Å². The highest BCUT2D eigenvalue weighted by Gasteiger charge is 2.34. The van der Waals surface area contributed by atoms with Gasteiger partial charge in [-0.2, -0.15) is 13.2 Å². The number of hydrogen-bond acceptors (Lipinski definition) is 3. The quantitative estimate of drug-likeness (QED) is 0.761. The van der Waals surface area contributed by atoms with Crippen molar-refractivity contribution in [1.29, 1.82) is 0 Å². The second kappa shape index (κ2) is 3.93. The average molecular weight is 206 g/mol. The van der Waals surface area contributed by atoms with Crippen LogP contribution in [0.2, 0.25) is 0 Å². The first-order valence-corrected chi connectivity index (χ1v) is 3.86. The Labute approximate surface area is 78.4 Å². The lowest BCUT2D eigenvalue weighted by atomic mass is 10.1. The zero-order valence-corrected chi connectivity index (χ0v) is 7.12. The van der Waals surface area contributed by atoms with Crippen molar-refractivity contribution in [3.63, 3.8) is 0 Å². The summed E-state index contributed by atoms with van der Waals surface area (Å²) in [6.07, 6.45) is -3.83. The minimum Gasteiger partial charge on any atom is -0.387 e. The molecule has 0 fully saturated rings. The van der Waals surface area contributed by atoms with Crippen molar-refractivity contribution >= 4 is 0 Å². The fourth-order valence-electron chi connectivity index (χ4n) is 1.06. The van der Waals surface area contributed by atoms with E-state index in [1.165, 1.54) is 0 Å². The summed E-state index contributed by atoms with van der Waals surface area (Å²) in [5.74, 6) is 0. The molecule has 0 aliphatic rings. The molecule has 0 saturated heterocycles. The van der Waals surface area contributed by atoms with Gasteiger partial charge in [0.05, 0.1) is 11.7 Å². The molecule has 1 aromatic rings. The van der Waals surface area contributed by atoms with Gasteiger partial charge < -0.3 is 10.8 Å². The second-order valence-electron chi connectivity index (χ2n) is 2.71. The second-order valence-corrected chi connectivity index (χ2v) is 2.71. The number of aliphatic hydroxyl groups excluding tert-OH is 1. The van der Waals surface area contributed by atoms with Gasteiger partial charge >= 0.3 is 6.18 Å². The van der Waals surface area contributed by atoms with E-state index in [9.17, 15) is 18.3 Å². The number of halogens is 3. The number of nitrogens with two attached hydrogens (primary N) is 1. The molecule has 78 valence electrons. The van der Waals surface area contributed by atoms with Crippen LogP contribution in [0, 0.1) is 0 Å². The van der Waals surface area contributed by atoms with Crippen LogP contribution < -0.4 is 5.73 Å². The molecule has 1 rings (SSSR count). The van der Waals surface area contributed by atoms with Gasteiger partial charge in [-0.25, -0.2) is 0 Å². The average Bonchev–Trinajstić information content (AvgIpc) is 2.15. The Hall–Kier alpha value is -1.14. The Morgan fingerprint density at radius 3 is 2.64 bits per heavy atom. The third kappa shape index (κ3) is 2.21. The van der Waals surface area contributed by atoms with E-state index in [4.69, 9.17) is 5.73 Å². The Kier molecular flexibility index (Phi) is 3.07. The maximum Gasteiger partial charge on any atom is 0.416 e. The summed E-state index contributed by atoms with van der Waals surface area (Å²) >= 11 is 0. The summed E-state index contributed by atoms with van der Waals surface area (Å²) in [5, 5.41) is 9.21.